The predicted molar refractivity (Wildman–Crippen MR) is 86.6 cm³/mol. The first kappa shape index (κ1) is 14.4. The molecule has 0 saturated carbocycles. The van der Waals surface area contributed by atoms with E-state index in [1.54, 1.807) is 0 Å². The number of benzene rings is 2. The van der Waals surface area contributed by atoms with Crippen molar-refractivity contribution in [3.8, 4) is 5.75 Å². The fraction of sp³-hybridized carbons (Fsp3) is 0.211. The zero-order chi connectivity index (χ0) is 15.4. The summed E-state index contributed by atoms with van der Waals surface area (Å²) in [6.45, 7) is 2.00. The Morgan fingerprint density at radius 3 is 2.68 bits per heavy atom. The summed E-state index contributed by atoms with van der Waals surface area (Å²) in [6, 6.07) is 18.0. The molecule has 0 spiro atoms. The van der Waals surface area contributed by atoms with Crippen molar-refractivity contribution in [2.75, 3.05) is 0 Å². The summed E-state index contributed by atoms with van der Waals surface area (Å²) in [7, 11) is 0. The molecule has 1 N–H and O–H groups in total. The van der Waals surface area contributed by atoms with Crippen LogP contribution in [0.25, 0.3) is 0 Å². The van der Waals surface area contributed by atoms with Gasteiger partial charge in [-0.3, -0.25) is 4.79 Å². The number of amides is 1. The number of hydrogen-bond acceptors (Lipinski definition) is 2. The van der Waals surface area contributed by atoms with E-state index in [2.05, 4.69) is 17.4 Å². The Labute approximate surface area is 130 Å². The minimum Gasteiger partial charge on any atom is -0.452 e. The first-order chi connectivity index (χ1) is 10.7. The van der Waals surface area contributed by atoms with Crippen molar-refractivity contribution in [3.63, 3.8) is 0 Å². The Balaban J connectivity index is 1.60. The number of carbonyl (C=O) groups is 1. The van der Waals surface area contributed by atoms with Gasteiger partial charge < -0.3 is 10.1 Å². The van der Waals surface area contributed by atoms with E-state index in [1.165, 1.54) is 5.56 Å². The van der Waals surface area contributed by atoms with Crippen molar-refractivity contribution in [1.82, 2.24) is 5.32 Å². The van der Waals surface area contributed by atoms with E-state index in [0.717, 1.165) is 24.2 Å². The lowest BCUT2D eigenvalue weighted by molar-refractivity contribution is -0.120. The summed E-state index contributed by atoms with van der Waals surface area (Å²) in [5, 5.41) is 3.00. The highest BCUT2D eigenvalue weighted by Gasteiger charge is 2.19. The standard InChI is InChI=1S/C19H19NO2/c1-14(13-15-7-3-2-4-8-15)20-19(21)18-12-11-16-9-5-6-10-17(16)22-18/h2-10,12,14H,11,13H2,1H3,(H,20,21)/t14-/m1/s1. The van der Waals surface area contributed by atoms with Crippen LogP contribution in [-0.2, 0) is 17.6 Å². The molecule has 0 fully saturated rings. The summed E-state index contributed by atoms with van der Waals surface area (Å²) >= 11 is 0. The average molecular weight is 293 g/mol. The third-order valence-electron chi connectivity index (χ3n) is 3.69. The van der Waals surface area contributed by atoms with Crippen LogP contribution in [0.15, 0.2) is 66.4 Å². The summed E-state index contributed by atoms with van der Waals surface area (Å²) in [6.07, 6.45) is 3.37. The molecule has 0 saturated heterocycles. The molecule has 3 nitrogen and oxygen atoms in total. The normalized spacial score (nSPS) is 14.3. The molecule has 0 aliphatic carbocycles. The number of rotatable bonds is 4. The summed E-state index contributed by atoms with van der Waals surface area (Å²) in [4.78, 5) is 12.3. The van der Waals surface area contributed by atoms with Gasteiger partial charge in [-0.2, -0.15) is 0 Å². The van der Waals surface area contributed by atoms with Gasteiger partial charge in [-0.15, -0.1) is 0 Å². The molecule has 0 radical (unpaired) electrons. The van der Waals surface area contributed by atoms with Crippen LogP contribution in [0, 0.1) is 0 Å². The van der Waals surface area contributed by atoms with Crippen LogP contribution < -0.4 is 10.1 Å². The molecule has 2 aromatic carbocycles. The van der Waals surface area contributed by atoms with E-state index in [9.17, 15) is 4.79 Å². The van der Waals surface area contributed by atoms with Gasteiger partial charge in [0, 0.05) is 6.04 Å². The quantitative estimate of drug-likeness (QED) is 0.939. The molecule has 3 rings (SSSR count). The number of para-hydroxylation sites is 1. The van der Waals surface area contributed by atoms with Crippen molar-refractivity contribution in [3.05, 3.63) is 77.6 Å². The third-order valence-corrected chi connectivity index (χ3v) is 3.69. The third kappa shape index (κ3) is 3.37. The smallest absolute Gasteiger partial charge is 0.286 e. The largest absolute Gasteiger partial charge is 0.452 e. The van der Waals surface area contributed by atoms with Crippen LogP contribution in [0.2, 0.25) is 0 Å². The fourth-order valence-corrected chi connectivity index (χ4v) is 2.59. The van der Waals surface area contributed by atoms with E-state index < -0.39 is 0 Å². The van der Waals surface area contributed by atoms with Crippen LogP contribution >= 0.6 is 0 Å². The summed E-state index contributed by atoms with van der Waals surface area (Å²) in [5.41, 5.74) is 2.32. The minimum atomic E-state index is -0.155. The van der Waals surface area contributed by atoms with Gasteiger partial charge in [0.1, 0.15) is 5.75 Å². The topological polar surface area (TPSA) is 38.3 Å². The Morgan fingerprint density at radius 2 is 1.86 bits per heavy atom. The maximum Gasteiger partial charge on any atom is 0.286 e. The van der Waals surface area contributed by atoms with Crippen molar-refractivity contribution < 1.29 is 9.53 Å². The number of nitrogens with one attached hydrogen (secondary N) is 1. The highest BCUT2D eigenvalue weighted by Crippen LogP contribution is 2.25. The van der Waals surface area contributed by atoms with E-state index in [4.69, 9.17) is 4.74 Å². The van der Waals surface area contributed by atoms with E-state index >= 15 is 0 Å². The van der Waals surface area contributed by atoms with Gasteiger partial charge >= 0.3 is 0 Å². The molecule has 1 amide bonds. The molecule has 22 heavy (non-hydrogen) atoms. The molecule has 112 valence electrons. The minimum absolute atomic E-state index is 0.0524. The lowest BCUT2D eigenvalue weighted by Gasteiger charge is -2.20. The number of carbonyl (C=O) groups excluding carboxylic acids is 1. The van der Waals surface area contributed by atoms with Gasteiger partial charge in [0.05, 0.1) is 0 Å². The van der Waals surface area contributed by atoms with Crippen molar-refractivity contribution >= 4 is 5.91 Å². The lowest BCUT2D eigenvalue weighted by Crippen LogP contribution is -2.36. The van der Waals surface area contributed by atoms with Gasteiger partial charge in [-0.05, 0) is 43.0 Å². The zero-order valence-electron chi connectivity index (χ0n) is 12.6. The monoisotopic (exact) mass is 293 g/mol. The van der Waals surface area contributed by atoms with Gasteiger partial charge in [0.2, 0.25) is 0 Å². The Hall–Kier alpha value is -2.55. The highest BCUT2D eigenvalue weighted by atomic mass is 16.5. The number of hydrogen-bond donors (Lipinski definition) is 1. The molecule has 0 bridgehead atoms. The van der Waals surface area contributed by atoms with Crippen molar-refractivity contribution in [2.24, 2.45) is 0 Å². The van der Waals surface area contributed by atoms with Crippen molar-refractivity contribution in [2.45, 2.75) is 25.8 Å². The molecular weight excluding hydrogens is 274 g/mol. The van der Waals surface area contributed by atoms with E-state index in [-0.39, 0.29) is 11.9 Å². The second-order valence-electron chi connectivity index (χ2n) is 5.55. The second kappa shape index (κ2) is 6.48. The number of fused-ring (bicyclic) bond motifs is 1. The highest BCUT2D eigenvalue weighted by molar-refractivity contribution is 5.92. The van der Waals surface area contributed by atoms with Crippen LogP contribution in [0.5, 0.6) is 5.75 Å². The molecule has 1 aliphatic heterocycles. The summed E-state index contributed by atoms with van der Waals surface area (Å²) < 4.78 is 5.69. The molecule has 1 aliphatic rings. The van der Waals surface area contributed by atoms with Gasteiger partial charge in [0.15, 0.2) is 5.76 Å². The number of ether oxygens (including phenoxy) is 1. The Bertz CT molecular complexity index is 692. The van der Waals surface area contributed by atoms with Gasteiger partial charge in [0.25, 0.3) is 5.91 Å². The molecule has 0 unspecified atom stereocenters. The molecular formula is C19H19NO2. The van der Waals surface area contributed by atoms with Gasteiger partial charge in [-0.1, -0.05) is 48.5 Å². The number of allylic oxidation sites excluding steroid dienone is 1. The fourth-order valence-electron chi connectivity index (χ4n) is 2.59. The van der Waals surface area contributed by atoms with Crippen molar-refractivity contribution in [1.29, 1.82) is 0 Å². The van der Waals surface area contributed by atoms with E-state index in [0.29, 0.717) is 5.76 Å². The molecule has 1 atom stereocenters. The lowest BCUT2D eigenvalue weighted by atomic mass is 10.1. The molecule has 0 aromatic heterocycles. The SMILES string of the molecule is C[C@H](Cc1ccccc1)NC(=O)C1=CCc2ccccc2O1. The molecule has 3 heteroatoms. The molecule has 1 heterocycles. The Kier molecular flexibility index (Phi) is 4.24. The van der Waals surface area contributed by atoms with Crippen LogP contribution in [-0.4, -0.2) is 11.9 Å². The van der Waals surface area contributed by atoms with Gasteiger partial charge in [-0.25, -0.2) is 0 Å². The maximum atomic E-state index is 12.3. The molecule has 2 aromatic rings. The maximum absolute atomic E-state index is 12.3. The zero-order valence-corrected chi connectivity index (χ0v) is 12.6. The average Bonchev–Trinajstić information content (AvgIpc) is 2.55. The predicted octanol–water partition coefficient (Wildman–Crippen LogP) is 3.25. The van der Waals surface area contributed by atoms with E-state index in [1.807, 2.05) is 55.5 Å². The van der Waals surface area contributed by atoms with Crippen LogP contribution in [0.3, 0.4) is 0 Å². The first-order valence-electron chi connectivity index (χ1n) is 7.53. The van der Waals surface area contributed by atoms with Crippen LogP contribution in [0.4, 0.5) is 0 Å². The summed E-state index contributed by atoms with van der Waals surface area (Å²) in [5.74, 6) is 1.00. The first-order valence-corrected chi connectivity index (χ1v) is 7.53. The Morgan fingerprint density at radius 1 is 1.14 bits per heavy atom. The van der Waals surface area contributed by atoms with Crippen LogP contribution in [0.1, 0.15) is 18.1 Å². The second-order valence-corrected chi connectivity index (χ2v) is 5.55.